The van der Waals surface area contributed by atoms with E-state index in [0.29, 0.717) is 47.6 Å². The third-order valence-corrected chi connectivity index (χ3v) is 6.47. The summed E-state index contributed by atoms with van der Waals surface area (Å²) in [6.45, 7) is 5.71. The van der Waals surface area contributed by atoms with Crippen molar-refractivity contribution in [3.05, 3.63) is 83.7 Å². The van der Waals surface area contributed by atoms with Crippen molar-refractivity contribution in [2.24, 2.45) is 5.41 Å². The van der Waals surface area contributed by atoms with E-state index in [-0.39, 0.29) is 17.2 Å². The van der Waals surface area contributed by atoms with Gasteiger partial charge in [0.15, 0.2) is 0 Å². The molecule has 4 aromatic rings. The number of hydrogen-bond donors (Lipinski definition) is 4. The fourth-order valence-corrected chi connectivity index (χ4v) is 4.16. The zero-order valence-corrected chi connectivity index (χ0v) is 23.8. The summed E-state index contributed by atoms with van der Waals surface area (Å²) in [5.41, 5.74) is 3.39. The second kappa shape index (κ2) is 12.8. The minimum absolute atomic E-state index is 0.193. The van der Waals surface area contributed by atoms with Gasteiger partial charge in [-0.3, -0.25) is 9.59 Å². The number of carbonyl (C=O) groups is 2. The predicted octanol–water partition coefficient (Wildman–Crippen LogP) is 5.20. The molecule has 40 heavy (non-hydrogen) atoms. The average molecular weight is 560 g/mol. The molecule has 0 atom stereocenters. The van der Waals surface area contributed by atoms with Crippen LogP contribution in [0.25, 0.3) is 22.2 Å². The molecule has 0 bridgehead atoms. The molecule has 4 N–H and O–H groups in total. The van der Waals surface area contributed by atoms with Crippen molar-refractivity contribution in [3.63, 3.8) is 0 Å². The van der Waals surface area contributed by atoms with Gasteiger partial charge in [0, 0.05) is 59.6 Å². The van der Waals surface area contributed by atoms with Gasteiger partial charge in [0.05, 0.1) is 16.9 Å². The average Bonchev–Trinajstić information content (AvgIpc) is 3.35. The zero-order valence-electron chi connectivity index (χ0n) is 23.1. The monoisotopic (exact) mass is 559 g/mol. The van der Waals surface area contributed by atoms with Crippen LogP contribution in [-0.4, -0.2) is 65.4 Å². The molecular weight excluding hydrogens is 526 g/mol. The van der Waals surface area contributed by atoms with Crippen LogP contribution in [0.1, 0.15) is 24.2 Å². The number of para-hydroxylation sites is 1. The molecular formula is C30H34ClN7O2. The Morgan fingerprint density at radius 1 is 1.07 bits per heavy atom. The first-order valence-electron chi connectivity index (χ1n) is 12.9. The van der Waals surface area contributed by atoms with E-state index in [0.717, 1.165) is 16.5 Å². The molecule has 208 valence electrons. The van der Waals surface area contributed by atoms with Crippen molar-refractivity contribution >= 4 is 46.0 Å². The number of nitrogens with one attached hydrogen (secondary N) is 4. The standard InChI is InChI=1S/C30H34ClN7O2/c1-30(2,18-34-28(40)20-11-13-21(14-12-20)36-26(39)10-7-15-38(3)4)19-35-29-33-17-24(31)27(37-29)23-16-32-25-9-6-5-8-22(23)25/h5-14,16-17,32H,15,18-19H2,1-4H3,(H,34,40)(H,36,39)(H,33,35,37)/b10-7+. The molecule has 2 aromatic heterocycles. The molecule has 2 amide bonds. The maximum absolute atomic E-state index is 12.7. The zero-order chi connectivity index (χ0) is 28.7. The van der Waals surface area contributed by atoms with Crippen LogP contribution in [0.3, 0.4) is 0 Å². The van der Waals surface area contributed by atoms with Gasteiger partial charge < -0.3 is 25.8 Å². The topological polar surface area (TPSA) is 115 Å². The second-order valence-corrected chi connectivity index (χ2v) is 11.0. The van der Waals surface area contributed by atoms with E-state index in [4.69, 9.17) is 11.6 Å². The molecule has 4 rings (SSSR count). The van der Waals surface area contributed by atoms with E-state index in [2.05, 4.69) is 30.9 Å². The van der Waals surface area contributed by atoms with Gasteiger partial charge in [-0.2, -0.15) is 0 Å². The molecule has 2 heterocycles. The Morgan fingerprint density at radius 3 is 2.58 bits per heavy atom. The molecule has 0 aliphatic carbocycles. The Labute approximate surface area is 239 Å². The molecule has 0 radical (unpaired) electrons. The van der Waals surface area contributed by atoms with Crippen LogP contribution in [0.4, 0.5) is 11.6 Å². The summed E-state index contributed by atoms with van der Waals surface area (Å²) in [6, 6.07) is 14.8. The van der Waals surface area contributed by atoms with E-state index in [1.165, 1.54) is 6.08 Å². The molecule has 0 fully saturated rings. The molecule has 2 aromatic carbocycles. The lowest BCUT2D eigenvalue weighted by Crippen LogP contribution is -2.38. The fourth-order valence-electron chi connectivity index (χ4n) is 3.97. The number of aromatic nitrogens is 3. The highest BCUT2D eigenvalue weighted by Gasteiger charge is 2.21. The largest absolute Gasteiger partial charge is 0.360 e. The van der Waals surface area contributed by atoms with E-state index >= 15 is 0 Å². The number of halogens is 1. The van der Waals surface area contributed by atoms with Crippen LogP contribution in [0.5, 0.6) is 0 Å². The van der Waals surface area contributed by atoms with E-state index in [9.17, 15) is 9.59 Å². The predicted molar refractivity (Wildman–Crippen MR) is 162 cm³/mol. The van der Waals surface area contributed by atoms with Crippen molar-refractivity contribution in [2.75, 3.05) is 44.4 Å². The number of aromatic amines is 1. The first-order chi connectivity index (χ1) is 19.1. The van der Waals surface area contributed by atoms with E-state index < -0.39 is 0 Å². The van der Waals surface area contributed by atoms with Crippen molar-refractivity contribution in [1.29, 1.82) is 0 Å². The molecule has 0 unspecified atom stereocenters. The molecule has 0 saturated heterocycles. The fraction of sp³-hybridized carbons (Fsp3) is 0.267. The smallest absolute Gasteiger partial charge is 0.251 e. The first kappa shape index (κ1) is 28.8. The lowest BCUT2D eigenvalue weighted by atomic mass is 9.93. The minimum Gasteiger partial charge on any atom is -0.360 e. The summed E-state index contributed by atoms with van der Waals surface area (Å²) >= 11 is 6.45. The van der Waals surface area contributed by atoms with Crippen LogP contribution in [0.2, 0.25) is 5.02 Å². The van der Waals surface area contributed by atoms with Crippen molar-refractivity contribution in [1.82, 2.24) is 25.2 Å². The Balaban J connectivity index is 1.31. The maximum Gasteiger partial charge on any atom is 0.251 e. The molecule has 0 spiro atoms. The van der Waals surface area contributed by atoms with Crippen LogP contribution in [-0.2, 0) is 4.79 Å². The summed E-state index contributed by atoms with van der Waals surface area (Å²) in [6.07, 6.45) is 6.77. The van der Waals surface area contributed by atoms with Crippen LogP contribution in [0.15, 0.2) is 73.1 Å². The summed E-state index contributed by atoms with van der Waals surface area (Å²) in [4.78, 5) is 39.0. The van der Waals surface area contributed by atoms with Gasteiger partial charge in [0.2, 0.25) is 11.9 Å². The molecule has 10 heteroatoms. The van der Waals surface area contributed by atoms with Gasteiger partial charge in [-0.05, 0) is 49.8 Å². The SMILES string of the molecule is CN(C)C/C=C/C(=O)Nc1ccc(C(=O)NCC(C)(C)CNc2ncc(Cl)c(-c3c[nH]c4ccccc34)n2)cc1. The lowest BCUT2D eigenvalue weighted by molar-refractivity contribution is -0.111. The summed E-state index contributed by atoms with van der Waals surface area (Å²) < 4.78 is 0. The number of likely N-dealkylation sites (N-methyl/N-ethyl adjacent to an activating group) is 1. The number of anilines is 2. The Bertz CT molecular complexity index is 1510. The van der Waals surface area contributed by atoms with Crippen LogP contribution in [0, 0.1) is 5.41 Å². The quantitative estimate of drug-likeness (QED) is 0.188. The number of amides is 2. The molecule has 0 saturated carbocycles. The molecule has 0 aliphatic heterocycles. The minimum atomic E-state index is -0.299. The third kappa shape index (κ3) is 7.68. The number of nitrogens with zero attached hydrogens (tertiary/aromatic N) is 3. The first-order valence-corrected chi connectivity index (χ1v) is 13.3. The number of hydrogen-bond acceptors (Lipinski definition) is 6. The highest BCUT2D eigenvalue weighted by atomic mass is 35.5. The van der Waals surface area contributed by atoms with Gasteiger partial charge in [-0.25, -0.2) is 9.97 Å². The van der Waals surface area contributed by atoms with Gasteiger partial charge in [0.1, 0.15) is 0 Å². The van der Waals surface area contributed by atoms with Crippen molar-refractivity contribution in [3.8, 4) is 11.3 Å². The maximum atomic E-state index is 12.7. The second-order valence-electron chi connectivity index (χ2n) is 10.6. The van der Waals surface area contributed by atoms with Crippen LogP contribution < -0.4 is 16.0 Å². The van der Waals surface area contributed by atoms with Gasteiger partial charge >= 0.3 is 0 Å². The van der Waals surface area contributed by atoms with E-state index in [1.54, 1.807) is 36.5 Å². The Hall–Kier alpha value is -4.21. The van der Waals surface area contributed by atoms with Gasteiger partial charge in [0.25, 0.3) is 5.91 Å². The third-order valence-electron chi connectivity index (χ3n) is 6.20. The normalized spacial score (nSPS) is 11.8. The number of fused-ring (bicyclic) bond motifs is 1. The summed E-state index contributed by atoms with van der Waals surface area (Å²) in [5.74, 6) is 0.0472. The number of carbonyl (C=O) groups excluding carboxylic acids is 2. The Morgan fingerprint density at radius 2 is 1.82 bits per heavy atom. The molecule has 9 nitrogen and oxygen atoms in total. The number of benzene rings is 2. The Kier molecular flexibility index (Phi) is 9.19. The van der Waals surface area contributed by atoms with Crippen molar-refractivity contribution < 1.29 is 9.59 Å². The van der Waals surface area contributed by atoms with Crippen LogP contribution >= 0.6 is 11.6 Å². The van der Waals surface area contributed by atoms with E-state index in [1.807, 2.05) is 63.3 Å². The molecule has 0 aliphatic rings. The van der Waals surface area contributed by atoms with Crippen molar-refractivity contribution in [2.45, 2.75) is 13.8 Å². The number of H-pyrrole nitrogens is 1. The van der Waals surface area contributed by atoms with Gasteiger partial charge in [-0.15, -0.1) is 0 Å². The summed E-state index contributed by atoms with van der Waals surface area (Å²) in [7, 11) is 3.86. The summed E-state index contributed by atoms with van der Waals surface area (Å²) in [5, 5.41) is 10.6. The number of rotatable bonds is 11. The highest BCUT2D eigenvalue weighted by molar-refractivity contribution is 6.33. The van der Waals surface area contributed by atoms with Gasteiger partial charge in [-0.1, -0.05) is 49.7 Å². The lowest BCUT2D eigenvalue weighted by Gasteiger charge is -2.25. The highest BCUT2D eigenvalue weighted by Crippen LogP contribution is 2.32.